The molecule has 0 aromatic heterocycles. The Labute approximate surface area is 115 Å². The van der Waals surface area contributed by atoms with Crippen LogP contribution in [0, 0.1) is 20.8 Å². The Balaban J connectivity index is 1.98. The molecule has 0 fully saturated rings. The van der Waals surface area contributed by atoms with Gasteiger partial charge in [-0.05, 0) is 55.5 Å². The fraction of sp³-hybridized carbons (Fsp3) is 0.333. The van der Waals surface area contributed by atoms with Crippen molar-refractivity contribution < 1.29 is 0 Å². The standard InChI is InChI=1S/C18H21N/c1-12-8-13(2)18(14(3)9-12)16-10-15-6-4-5-7-17(15)19-11-16/h4-9,16,19H,10-11H2,1-3H3. The minimum Gasteiger partial charge on any atom is -0.384 e. The predicted octanol–water partition coefficient (Wildman–Crippen LogP) is 4.36. The molecular formula is C18H21N. The van der Waals surface area contributed by atoms with E-state index in [9.17, 15) is 0 Å². The molecule has 0 amide bonds. The van der Waals surface area contributed by atoms with Crippen LogP contribution < -0.4 is 5.32 Å². The van der Waals surface area contributed by atoms with Crippen LogP contribution in [0.15, 0.2) is 36.4 Å². The van der Waals surface area contributed by atoms with Gasteiger partial charge in [-0.25, -0.2) is 0 Å². The molecule has 1 heterocycles. The van der Waals surface area contributed by atoms with E-state index in [4.69, 9.17) is 0 Å². The van der Waals surface area contributed by atoms with Crippen molar-refractivity contribution in [1.29, 1.82) is 0 Å². The lowest BCUT2D eigenvalue weighted by molar-refractivity contribution is 0.686. The van der Waals surface area contributed by atoms with E-state index in [-0.39, 0.29) is 0 Å². The van der Waals surface area contributed by atoms with Gasteiger partial charge >= 0.3 is 0 Å². The van der Waals surface area contributed by atoms with E-state index in [1.165, 1.54) is 33.5 Å². The molecule has 1 aliphatic rings. The summed E-state index contributed by atoms with van der Waals surface area (Å²) in [6.45, 7) is 7.71. The molecule has 2 aromatic carbocycles. The Morgan fingerprint density at radius 1 is 1.00 bits per heavy atom. The summed E-state index contributed by atoms with van der Waals surface area (Å²) in [5.74, 6) is 0.593. The van der Waals surface area contributed by atoms with Crippen LogP contribution in [0.2, 0.25) is 0 Å². The van der Waals surface area contributed by atoms with Crippen molar-refractivity contribution in [1.82, 2.24) is 0 Å². The Bertz CT molecular complexity index is 590. The van der Waals surface area contributed by atoms with Crippen LogP contribution in [0.5, 0.6) is 0 Å². The quantitative estimate of drug-likeness (QED) is 0.794. The Kier molecular flexibility index (Phi) is 3.06. The second-order valence-electron chi connectivity index (χ2n) is 5.75. The third-order valence-corrected chi connectivity index (χ3v) is 4.17. The van der Waals surface area contributed by atoms with E-state index in [1.807, 2.05) is 0 Å². The third-order valence-electron chi connectivity index (χ3n) is 4.17. The van der Waals surface area contributed by atoms with Crippen LogP contribution >= 0.6 is 0 Å². The molecule has 19 heavy (non-hydrogen) atoms. The summed E-state index contributed by atoms with van der Waals surface area (Å²) in [5, 5.41) is 3.58. The van der Waals surface area contributed by atoms with E-state index in [2.05, 4.69) is 62.5 Å². The molecule has 1 aliphatic heterocycles. The average molecular weight is 251 g/mol. The van der Waals surface area contributed by atoms with Crippen LogP contribution in [0.25, 0.3) is 0 Å². The second kappa shape index (κ2) is 4.73. The highest BCUT2D eigenvalue weighted by Gasteiger charge is 2.22. The fourth-order valence-electron chi connectivity index (χ4n) is 3.48. The normalized spacial score (nSPS) is 17.7. The SMILES string of the molecule is Cc1cc(C)c(C2CNc3ccccc3C2)c(C)c1. The minimum atomic E-state index is 0.593. The van der Waals surface area contributed by atoms with E-state index >= 15 is 0 Å². The molecule has 0 spiro atoms. The maximum Gasteiger partial charge on any atom is 0.0373 e. The number of hydrogen-bond acceptors (Lipinski definition) is 1. The molecule has 1 heteroatoms. The number of para-hydroxylation sites is 1. The molecule has 1 atom stereocenters. The Hall–Kier alpha value is -1.76. The first-order chi connectivity index (χ1) is 9.15. The van der Waals surface area contributed by atoms with E-state index in [0.717, 1.165) is 13.0 Å². The zero-order valence-corrected chi connectivity index (χ0v) is 12.0. The predicted molar refractivity (Wildman–Crippen MR) is 82.0 cm³/mol. The molecule has 1 N–H and O–H groups in total. The highest BCUT2D eigenvalue weighted by molar-refractivity contribution is 5.55. The summed E-state index contributed by atoms with van der Waals surface area (Å²) >= 11 is 0. The van der Waals surface area contributed by atoms with Crippen molar-refractivity contribution in [3.8, 4) is 0 Å². The van der Waals surface area contributed by atoms with Gasteiger partial charge < -0.3 is 5.32 Å². The maximum atomic E-state index is 3.58. The summed E-state index contributed by atoms with van der Waals surface area (Å²) < 4.78 is 0. The lowest BCUT2D eigenvalue weighted by Crippen LogP contribution is -2.22. The number of fused-ring (bicyclic) bond motifs is 1. The Morgan fingerprint density at radius 2 is 1.68 bits per heavy atom. The summed E-state index contributed by atoms with van der Waals surface area (Å²) in [7, 11) is 0. The molecule has 0 bridgehead atoms. The largest absolute Gasteiger partial charge is 0.384 e. The lowest BCUT2D eigenvalue weighted by Gasteiger charge is -2.29. The molecule has 0 radical (unpaired) electrons. The van der Waals surface area contributed by atoms with Gasteiger partial charge in [0.25, 0.3) is 0 Å². The number of anilines is 1. The maximum absolute atomic E-state index is 3.58. The summed E-state index contributed by atoms with van der Waals surface area (Å²) in [4.78, 5) is 0. The van der Waals surface area contributed by atoms with Crippen molar-refractivity contribution in [2.24, 2.45) is 0 Å². The second-order valence-corrected chi connectivity index (χ2v) is 5.75. The van der Waals surface area contributed by atoms with Gasteiger partial charge in [0, 0.05) is 18.2 Å². The molecule has 0 saturated carbocycles. The van der Waals surface area contributed by atoms with Gasteiger partial charge in [0.1, 0.15) is 0 Å². The van der Waals surface area contributed by atoms with Gasteiger partial charge in [-0.1, -0.05) is 35.9 Å². The fourth-order valence-corrected chi connectivity index (χ4v) is 3.48. The van der Waals surface area contributed by atoms with Gasteiger partial charge in [0.2, 0.25) is 0 Å². The zero-order valence-electron chi connectivity index (χ0n) is 12.0. The van der Waals surface area contributed by atoms with Gasteiger partial charge in [0.05, 0.1) is 0 Å². The topological polar surface area (TPSA) is 12.0 Å². The minimum absolute atomic E-state index is 0.593. The number of hydrogen-bond donors (Lipinski definition) is 1. The van der Waals surface area contributed by atoms with Crippen molar-refractivity contribution in [2.75, 3.05) is 11.9 Å². The summed E-state index contributed by atoms with van der Waals surface area (Å²) in [6, 6.07) is 13.3. The monoisotopic (exact) mass is 251 g/mol. The number of aryl methyl sites for hydroxylation is 3. The highest BCUT2D eigenvalue weighted by atomic mass is 14.9. The smallest absolute Gasteiger partial charge is 0.0373 e. The molecule has 1 unspecified atom stereocenters. The van der Waals surface area contributed by atoms with Crippen LogP contribution in [0.4, 0.5) is 5.69 Å². The van der Waals surface area contributed by atoms with Crippen molar-refractivity contribution in [3.63, 3.8) is 0 Å². The molecule has 3 rings (SSSR count). The average Bonchev–Trinajstić information content (AvgIpc) is 2.37. The first-order valence-electron chi connectivity index (χ1n) is 7.04. The molecule has 2 aromatic rings. The van der Waals surface area contributed by atoms with Crippen LogP contribution in [-0.4, -0.2) is 6.54 Å². The summed E-state index contributed by atoms with van der Waals surface area (Å²) in [5.41, 5.74) is 8.52. The number of rotatable bonds is 1. The van der Waals surface area contributed by atoms with Crippen molar-refractivity contribution in [2.45, 2.75) is 33.1 Å². The van der Waals surface area contributed by atoms with E-state index in [0.29, 0.717) is 5.92 Å². The van der Waals surface area contributed by atoms with E-state index < -0.39 is 0 Å². The first kappa shape index (κ1) is 12.3. The molecule has 98 valence electrons. The van der Waals surface area contributed by atoms with Gasteiger partial charge in [-0.15, -0.1) is 0 Å². The lowest BCUT2D eigenvalue weighted by atomic mass is 9.83. The van der Waals surface area contributed by atoms with Gasteiger partial charge in [0.15, 0.2) is 0 Å². The number of nitrogens with one attached hydrogen (secondary N) is 1. The molecular weight excluding hydrogens is 230 g/mol. The zero-order chi connectivity index (χ0) is 13.4. The molecule has 1 nitrogen and oxygen atoms in total. The third kappa shape index (κ3) is 2.25. The van der Waals surface area contributed by atoms with E-state index in [1.54, 1.807) is 0 Å². The molecule has 0 aliphatic carbocycles. The van der Waals surface area contributed by atoms with Gasteiger partial charge in [-0.3, -0.25) is 0 Å². The first-order valence-corrected chi connectivity index (χ1v) is 7.04. The Morgan fingerprint density at radius 3 is 2.42 bits per heavy atom. The van der Waals surface area contributed by atoms with Crippen molar-refractivity contribution in [3.05, 3.63) is 64.2 Å². The van der Waals surface area contributed by atoms with Crippen LogP contribution in [0.1, 0.15) is 33.7 Å². The number of benzene rings is 2. The van der Waals surface area contributed by atoms with Gasteiger partial charge in [-0.2, -0.15) is 0 Å². The van der Waals surface area contributed by atoms with Crippen molar-refractivity contribution >= 4 is 5.69 Å². The summed E-state index contributed by atoms with van der Waals surface area (Å²) in [6.07, 6.45) is 1.15. The molecule has 0 saturated heterocycles. The highest BCUT2D eigenvalue weighted by Crippen LogP contribution is 2.33. The van der Waals surface area contributed by atoms with Crippen LogP contribution in [-0.2, 0) is 6.42 Å². The van der Waals surface area contributed by atoms with Crippen LogP contribution in [0.3, 0.4) is 0 Å².